The smallest absolute Gasteiger partial charge is 0.187 e. The van der Waals surface area contributed by atoms with Gasteiger partial charge in [0.1, 0.15) is 67.1 Å². The molecule has 18 heteroatoms. The predicted octanol–water partition coefficient (Wildman–Crippen LogP) is -7.27. The molecule has 0 aromatic carbocycles. The van der Waals surface area contributed by atoms with Crippen molar-refractivity contribution in [2.24, 2.45) is 11.8 Å². The molecule has 0 radical (unpaired) electrons. The summed E-state index contributed by atoms with van der Waals surface area (Å²) in [6, 6.07) is 0. The zero-order valence-corrected chi connectivity index (χ0v) is 23.7. The molecule has 19 atom stereocenters. The Labute approximate surface area is 251 Å². The lowest BCUT2D eigenvalue weighted by molar-refractivity contribution is -0.375. The van der Waals surface area contributed by atoms with Gasteiger partial charge >= 0.3 is 0 Å². The van der Waals surface area contributed by atoms with E-state index in [-0.39, 0.29) is 12.0 Å². The molecular weight excluding hydrogens is 600 g/mol. The van der Waals surface area contributed by atoms with E-state index in [0.717, 1.165) is 0 Å². The minimum atomic E-state index is -1.92. The van der Waals surface area contributed by atoms with E-state index in [2.05, 4.69) is 0 Å². The summed E-state index contributed by atoms with van der Waals surface area (Å²) in [6.07, 6.45) is -25.9. The largest absolute Gasteiger partial charge is 0.394 e. The Bertz CT molecular complexity index is 952. The topological polar surface area (TPSA) is 309 Å². The third kappa shape index (κ3) is 6.98. The van der Waals surface area contributed by atoms with Gasteiger partial charge in [0.2, 0.25) is 0 Å². The molecule has 0 amide bonds. The van der Waals surface area contributed by atoms with Crippen molar-refractivity contribution in [1.29, 1.82) is 0 Å². The van der Waals surface area contributed by atoms with Gasteiger partial charge < -0.3 is 90.1 Å². The van der Waals surface area contributed by atoms with Gasteiger partial charge in [-0.15, -0.1) is 0 Å². The summed E-state index contributed by atoms with van der Waals surface area (Å²) in [5.74, 6) is -1.67. The van der Waals surface area contributed by atoms with Crippen molar-refractivity contribution >= 4 is 0 Å². The average molecular weight is 645 g/mol. The third-order valence-electron chi connectivity index (χ3n) is 8.91. The van der Waals surface area contributed by atoms with Crippen LogP contribution in [-0.2, 0) is 23.7 Å². The molecule has 0 saturated carbocycles. The molecule has 13 N–H and O–H groups in total. The fourth-order valence-corrected chi connectivity index (χ4v) is 6.21. The molecule has 3 heterocycles. The molecular formula is C26H44O18. The average Bonchev–Trinajstić information content (AvgIpc) is 3.00. The SMILES string of the molecule is CC1O[C@H](O[C@@H]2C(CO)O[C@H](O[C@@H]3C(CO)O[C@H](O)C(O)[C@H]3O)C(O)[C@H]2O)C(O)[C@@H](O)[C@@H]1C[C@H]1C=C(CO)[C@@H](O)[C@H](O)[C@H]1O. The molecule has 3 fully saturated rings. The summed E-state index contributed by atoms with van der Waals surface area (Å²) in [4.78, 5) is 0. The van der Waals surface area contributed by atoms with Crippen LogP contribution in [0.2, 0.25) is 0 Å². The Morgan fingerprint density at radius 1 is 0.614 bits per heavy atom. The quantitative estimate of drug-likeness (QED) is 0.104. The van der Waals surface area contributed by atoms with Gasteiger partial charge in [-0.25, -0.2) is 0 Å². The van der Waals surface area contributed by atoms with Crippen molar-refractivity contribution in [3.05, 3.63) is 11.6 Å². The van der Waals surface area contributed by atoms with Crippen LogP contribution in [0.1, 0.15) is 13.3 Å². The molecule has 44 heavy (non-hydrogen) atoms. The van der Waals surface area contributed by atoms with Gasteiger partial charge in [-0.1, -0.05) is 6.08 Å². The lowest BCUT2D eigenvalue weighted by Crippen LogP contribution is -2.66. The molecule has 6 unspecified atom stereocenters. The van der Waals surface area contributed by atoms with Gasteiger partial charge in [-0.2, -0.15) is 0 Å². The summed E-state index contributed by atoms with van der Waals surface area (Å²) in [7, 11) is 0. The van der Waals surface area contributed by atoms with E-state index in [9.17, 15) is 66.4 Å². The first-order valence-electron chi connectivity index (χ1n) is 14.4. The van der Waals surface area contributed by atoms with Crippen LogP contribution in [0.5, 0.6) is 0 Å². The summed E-state index contributed by atoms with van der Waals surface area (Å²) < 4.78 is 27.5. The number of hydrogen-bond donors (Lipinski definition) is 13. The van der Waals surface area contributed by atoms with Crippen LogP contribution in [0.4, 0.5) is 0 Å². The van der Waals surface area contributed by atoms with Crippen molar-refractivity contribution in [1.82, 2.24) is 0 Å². The normalized spacial score (nSPS) is 52.0. The van der Waals surface area contributed by atoms with Gasteiger partial charge in [0, 0.05) is 11.8 Å². The highest BCUT2D eigenvalue weighted by molar-refractivity contribution is 5.19. The van der Waals surface area contributed by atoms with Gasteiger partial charge in [0.25, 0.3) is 0 Å². The van der Waals surface area contributed by atoms with E-state index in [1.165, 1.54) is 13.0 Å². The zero-order chi connectivity index (χ0) is 32.6. The Morgan fingerprint density at radius 2 is 1.14 bits per heavy atom. The highest BCUT2D eigenvalue weighted by atomic mass is 16.7. The molecule has 4 rings (SSSR count). The Balaban J connectivity index is 1.42. The zero-order valence-electron chi connectivity index (χ0n) is 23.7. The Hall–Kier alpha value is -0.980. The van der Waals surface area contributed by atoms with E-state index in [4.69, 9.17) is 23.7 Å². The van der Waals surface area contributed by atoms with Gasteiger partial charge in [0.05, 0.1) is 38.1 Å². The maximum Gasteiger partial charge on any atom is 0.187 e. The van der Waals surface area contributed by atoms with Crippen LogP contribution < -0.4 is 0 Å². The maximum absolute atomic E-state index is 11.0. The van der Waals surface area contributed by atoms with Gasteiger partial charge in [-0.3, -0.25) is 0 Å². The summed E-state index contributed by atoms with van der Waals surface area (Å²) >= 11 is 0. The fourth-order valence-electron chi connectivity index (χ4n) is 6.21. The fraction of sp³-hybridized carbons (Fsp3) is 0.923. The second-order valence-electron chi connectivity index (χ2n) is 11.7. The summed E-state index contributed by atoms with van der Waals surface area (Å²) in [5, 5.41) is 133. The molecule has 4 aliphatic rings. The van der Waals surface area contributed by atoms with Crippen molar-refractivity contribution in [2.45, 2.75) is 118 Å². The second kappa shape index (κ2) is 14.8. The molecule has 256 valence electrons. The molecule has 3 aliphatic heterocycles. The maximum atomic E-state index is 11.0. The molecule has 3 saturated heterocycles. The van der Waals surface area contributed by atoms with Gasteiger partial charge in [-0.05, 0) is 18.9 Å². The highest BCUT2D eigenvalue weighted by Crippen LogP contribution is 2.38. The first-order chi connectivity index (χ1) is 20.7. The Kier molecular flexibility index (Phi) is 12.1. The van der Waals surface area contributed by atoms with Crippen molar-refractivity contribution in [3.8, 4) is 0 Å². The molecule has 0 bridgehead atoms. The molecule has 0 aromatic rings. The first-order valence-corrected chi connectivity index (χ1v) is 14.4. The highest BCUT2D eigenvalue weighted by Gasteiger charge is 2.53. The van der Waals surface area contributed by atoms with Crippen LogP contribution in [0.15, 0.2) is 11.6 Å². The van der Waals surface area contributed by atoms with Crippen LogP contribution >= 0.6 is 0 Å². The van der Waals surface area contributed by atoms with Crippen LogP contribution in [0.3, 0.4) is 0 Å². The van der Waals surface area contributed by atoms with E-state index in [1.54, 1.807) is 0 Å². The monoisotopic (exact) mass is 644 g/mol. The van der Waals surface area contributed by atoms with Crippen molar-refractivity contribution in [2.75, 3.05) is 19.8 Å². The summed E-state index contributed by atoms with van der Waals surface area (Å²) in [6.45, 7) is -0.633. The Morgan fingerprint density at radius 3 is 1.70 bits per heavy atom. The number of ether oxygens (including phenoxy) is 5. The predicted molar refractivity (Wildman–Crippen MR) is 139 cm³/mol. The third-order valence-corrected chi connectivity index (χ3v) is 8.91. The molecule has 18 nitrogen and oxygen atoms in total. The van der Waals surface area contributed by atoms with Crippen LogP contribution in [-0.4, -0.2) is 191 Å². The van der Waals surface area contributed by atoms with E-state index < -0.39 is 136 Å². The van der Waals surface area contributed by atoms with Crippen LogP contribution in [0, 0.1) is 11.8 Å². The second-order valence-corrected chi connectivity index (χ2v) is 11.7. The number of aliphatic hydroxyl groups excluding tert-OH is 13. The van der Waals surface area contributed by atoms with Crippen LogP contribution in [0.25, 0.3) is 0 Å². The molecule has 0 aromatic heterocycles. The van der Waals surface area contributed by atoms with E-state index >= 15 is 0 Å². The number of aliphatic hydroxyl groups is 13. The number of hydrogen-bond acceptors (Lipinski definition) is 18. The molecule has 1 aliphatic carbocycles. The van der Waals surface area contributed by atoms with Crippen molar-refractivity contribution < 1.29 is 90.1 Å². The van der Waals surface area contributed by atoms with E-state index in [0.29, 0.717) is 0 Å². The van der Waals surface area contributed by atoms with E-state index in [1.807, 2.05) is 0 Å². The van der Waals surface area contributed by atoms with Gasteiger partial charge in [0.15, 0.2) is 18.9 Å². The first kappa shape index (κ1) is 35.9. The minimum Gasteiger partial charge on any atom is -0.394 e. The van der Waals surface area contributed by atoms with Crippen molar-refractivity contribution in [3.63, 3.8) is 0 Å². The number of rotatable bonds is 9. The molecule has 0 spiro atoms. The lowest BCUT2D eigenvalue weighted by Gasteiger charge is -2.48. The standard InChI is InChI=1S/C26H44O18/c1-7-10(3-8-2-9(4-27)14(31)16(33)13(8)30)15(32)20(37)25(40-7)43-23-12(6-29)42-26(21(38)18(23)35)44-22-11(5-28)41-24(39)19(36)17(22)34/h2,7-8,10-39H,3-6H2,1H3/t7?,8-,10-,11?,12?,13+,14-,15+,16-,17-,18-,19?,20?,21?,22-,23-,24+,25-,26-/m1/s1. The summed E-state index contributed by atoms with van der Waals surface area (Å²) in [5.41, 5.74) is 0.0850. The minimum absolute atomic E-state index is 0.0377. The lowest BCUT2D eigenvalue weighted by atomic mass is 9.75.